The number of H-pyrrole nitrogens is 1. The highest BCUT2D eigenvalue weighted by molar-refractivity contribution is 5.92. The highest BCUT2D eigenvalue weighted by atomic mass is 16.1. The van der Waals surface area contributed by atoms with Gasteiger partial charge in [-0.05, 0) is 37.0 Å². The summed E-state index contributed by atoms with van der Waals surface area (Å²) in [4.78, 5) is 19.0. The molecule has 128 valence electrons. The zero-order valence-corrected chi connectivity index (χ0v) is 14.2. The van der Waals surface area contributed by atoms with E-state index in [1.165, 1.54) is 25.7 Å². The number of nitrogens with zero attached hydrogens (tertiary/aromatic N) is 3. The van der Waals surface area contributed by atoms with E-state index in [4.69, 9.17) is 0 Å². The zero-order valence-electron chi connectivity index (χ0n) is 14.2. The number of aromatic amines is 1. The monoisotopic (exact) mass is 327 g/mol. The normalized spacial score (nSPS) is 15.1. The van der Waals surface area contributed by atoms with Gasteiger partial charge in [-0.2, -0.15) is 5.10 Å². The van der Waals surface area contributed by atoms with Crippen molar-refractivity contribution in [2.45, 2.75) is 45.6 Å². The highest BCUT2D eigenvalue weighted by Crippen LogP contribution is 2.17. The Kier molecular flexibility index (Phi) is 5.46. The van der Waals surface area contributed by atoms with E-state index in [0.717, 1.165) is 36.6 Å². The number of carbonyl (C=O) groups is 1. The van der Waals surface area contributed by atoms with Crippen LogP contribution in [0.2, 0.25) is 0 Å². The Balaban J connectivity index is 1.54. The predicted octanol–water partition coefficient (Wildman–Crippen LogP) is 2.68. The molecule has 0 unspecified atom stereocenters. The molecule has 1 fully saturated rings. The standard InChI is InChI=1S/C18H25N5O/c1-2-15-11-16(22-21-15)18(24)20-13-14-7-8-17(19-12-14)23-9-5-3-4-6-10-23/h7-8,11-12H,2-6,9-10,13H2,1H3,(H,20,24)(H,21,22). The summed E-state index contributed by atoms with van der Waals surface area (Å²) in [5, 5.41) is 9.77. The van der Waals surface area contributed by atoms with E-state index in [0.29, 0.717) is 12.2 Å². The minimum atomic E-state index is -0.164. The number of amides is 1. The van der Waals surface area contributed by atoms with Crippen molar-refractivity contribution in [1.29, 1.82) is 0 Å². The lowest BCUT2D eigenvalue weighted by atomic mass is 10.2. The second kappa shape index (κ2) is 7.95. The van der Waals surface area contributed by atoms with Crippen molar-refractivity contribution in [3.63, 3.8) is 0 Å². The van der Waals surface area contributed by atoms with Crippen molar-refractivity contribution >= 4 is 11.7 Å². The van der Waals surface area contributed by atoms with Gasteiger partial charge >= 0.3 is 0 Å². The third kappa shape index (κ3) is 4.13. The maximum Gasteiger partial charge on any atom is 0.272 e. The molecule has 0 saturated carbocycles. The quantitative estimate of drug-likeness (QED) is 0.885. The van der Waals surface area contributed by atoms with Crippen LogP contribution in [0.1, 0.15) is 54.4 Å². The summed E-state index contributed by atoms with van der Waals surface area (Å²) in [7, 11) is 0. The number of aromatic nitrogens is 3. The van der Waals surface area contributed by atoms with E-state index in [9.17, 15) is 4.79 Å². The van der Waals surface area contributed by atoms with Crippen molar-refractivity contribution < 1.29 is 4.79 Å². The van der Waals surface area contributed by atoms with Gasteiger partial charge in [0, 0.05) is 31.5 Å². The number of hydrogen-bond donors (Lipinski definition) is 2. The number of hydrogen-bond acceptors (Lipinski definition) is 4. The number of carbonyl (C=O) groups excluding carboxylic acids is 1. The van der Waals surface area contributed by atoms with Crippen LogP contribution in [0.15, 0.2) is 24.4 Å². The molecule has 0 aliphatic carbocycles. The molecule has 3 heterocycles. The van der Waals surface area contributed by atoms with Gasteiger partial charge in [-0.3, -0.25) is 9.89 Å². The summed E-state index contributed by atoms with van der Waals surface area (Å²) in [5.41, 5.74) is 2.39. The lowest BCUT2D eigenvalue weighted by Gasteiger charge is -2.21. The van der Waals surface area contributed by atoms with Gasteiger partial charge in [0.2, 0.25) is 0 Å². The first-order valence-electron chi connectivity index (χ1n) is 8.78. The first kappa shape index (κ1) is 16.5. The predicted molar refractivity (Wildman–Crippen MR) is 94.1 cm³/mol. The minimum absolute atomic E-state index is 0.164. The largest absolute Gasteiger partial charge is 0.357 e. The van der Waals surface area contributed by atoms with Gasteiger partial charge in [0.1, 0.15) is 11.5 Å². The van der Waals surface area contributed by atoms with Crippen molar-refractivity contribution in [3.8, 4) is 0 Å². The number of rotatable bonds is 5. The summed E-state index contributed by atoms with van der Waals surface area (Å²) in [6, 6.07) is 5.88. The van der Waals surface area contributed by atoms with Crippen LogP contribution in [0.25, 0.3) is 0 Å². The van der Waals surface area contributed by atoms with E-state index in [-0.39, 0.29) is 5.91 Å². The molecule has 1 amide bonds. The molecule has 2 N–H and O–H groups in total. The average molecular weight is 327 g/mol. The molecule has 24 heavy (non-hydrogen) atoms. The molecule has 2 aromatic rings. The Morgan fingerprint density at radius 1 is 1.25 bits per heavy atom. The van der Waals surface area contributed by atoms with Crippen LogP contribution in [0.5, 0.6) is 0 Å². The summed E-state index contributed by atoms with van der Waals surface area (Å²) in [5.74, 6) is 0.870. The lowest BCUT2D eigenvalue weighted by molar-refractivity contribution is 0.0946. The van der Waals surface area contributed by atoms with Crippen LogP contribution < -0.4 is 10.2 Å². The molecule has 0 aromatic carbocycles. The van der Waals surface area contributed by atoms with Crippen LogP contribution in [0.4, 0.5) is 5.82 Å². The molecule has 1 aliphatic rings. The molecule has 1 saturated heterocycles. The molecule has 0 atom stereocenters. The van der Waals surface area contributed by atoms with Gasteiger partial charge in [0.15, 0.2) is 0 Å². The van der Waals surface area contributed by atoms with Crippen molar-refractivity contribution in [2.24, 2.45) is 0 Å². The average Bonchev–Trinajstić information content (AvgIpc) is 2.95. The van der Waals surface area contributed by atoms with Crippen LogP contribution in [0, 0.1) is 0 Å². The number of aryl methyl sites for hydroxylation is 1. The molecule has 0 radical (unpaired) electrons. The molecule has 2 aromatic heterocycles. The molecule has 6 heteroatoms. The van der Waals surface area contributed by atoms with Crippen molar-refractivity contribution in [3.05, 3.63) is 41.3 Å². The molecule has 1 aliphatic heterocycles. The van der Waals surface area contributed by atoms with Gasteiger partial charge in [0.25, 0.3) is 5.91 Å². The van der Waals surface area contributed by atoms with Crippen molar-refractivity contribution in [1.82, 2.24) is 20.5 Å². The Labute approximate surface area is 142 Å². The van der Waals surface area contributed by atoms with Gasteiger partial charge in [0.05, 0.1) is 0 Å². The first-order chi connectivity index (χ1) is 11.8. The Bertz CT molecular complexity index is 656. The summed E-state index contributed by atoms with van der Waals surface area (Å²) in [6.07, 6.45) is 7.79. The van der Waals surface area contributed by atoms with Crippen LogP contribution in [-0.2, 0) is 13.0 Å². The SMILES string of the molecule is CCc1cc(C(=O)NCc2ccc(N3CCCCCC3)nc2)n[nH]1. The van der Waals surface area contributed by atoms with E-state index in [1.807, 2.05) is 19.2 Å². The Hall–Kier alpha value is -2.37. The smallest absolute Gasteiger partial charge is 0.272 e. The lowest BCUT2D eigenvalue weighted by Crippen LogP contribution is -2.25. The zero-order chi connectivity index (χ0) is 16.8. The molecule has 3 rings (SSSR count). The second-order valence-electron chi connectivity index (χ2n) is 6.24. The summed E-state index contributed by atoms with van der Waals surface area (Å²) in [6.45, 7) is 4.65. The maximum absolute atomic E-state index is 12.1. The number of pyridine rings is 1. The molecule has 6 nitrogen and oxygen atoms in total. The van der Waals surface area contributed by atoms with E-state index in [2.05, 4.69) is 31.5 Å². The van der Waals surface area contributed by atoms with Gasteiger partial charge in [-0.15, -0.1) is 0 Å². The minimum Gasteiger partial charge on any atom is -0.357 e. The molecular formula is C18H25N5O. The van der Waals surface area contributed by atoms with E-state index >= 15 is 0 Å². The second-order valence-corrected chi connectivity index (χ2v) is 6.24. The maximum atomic E-state index is 12.1. The van der Waals surface area contributed by atoms with Crippen LogP contribution in [0.3, 0.4) is 0 Å². The topological polar surface area (TPSA) is 73.9 Å². The third-order valence-electron chi connectivity index (χ3n) is 4.44. The van der Waals surface area contributed by atoms with E-state index in [1.54, 1.807) is 6.07 Å². The first-order valence-corrected chi connectivity index (χ1v) is 8.78. The fourth-order valence-electron chi connectivity index (χ4n) is 2.94. The number of nitrogens with one attached hydrogen (secondary N) is 2. The summed E-state index contributed by atoms with van der Waals surface area (Å²) < 4.78 is 0. The third-order valence-corrected chi connectivity index (χ3v) is 4.44. The molecule has 0 bridgehead atoms. The fourth-order valence-corrected chi connectivity index (χ4v) is 2.94. The fraction of sp³-hybridized carbons (Fsp3) is 0.500. The Morgan fingerprint density at radius 3 is 2.67 bits per heavy atom. The molecular weight excluding hydrogens is 302 g/mol. The highest BCUT2D eigenvalue weighted by Gasteiger charge is 2.12. The van der Waals surface area contributed by atoms with E-state index < -0.39 is 0 Å². The summed E-state index contributed by atoms with van der Waals surface area (Å²) >= 11 is 0. The van der Waals surface area contributed by atoms with Gasteiger partial charge < -0.3 is 10.2 Å². The van der Waals surface area contributed by atoms with Crippen molar-refractivity contribution in [2.75, 3.05) is 18.0 Å². The van der Waals surface area contributed by atoms with Crippen LogP contribution in [-0.4, -0.2) is 34.2 Å². The number of anilines is 1. The Morgan fingerprint density at radius 2 is 2.04 bits per heavy atom. The molecule has 0 spiro atoms. The van der Waals surface area contributed by atoms with Crippen LogP contribution >= 0.6 is 0 Å². The van der Waals surface area contributed by atoms with Gasteiger partial charge in [-0.1, -0.05) is 25.8 Å². The van der Waals surface area contributed by atoms with Gasteiger partial charge in [-0.25, -0.2) is 4.98 Å².